The van der Waals surface area contributed by atoms with Crippen LogP contribution in [0, 0.1) is 6.92 Å². The highest BCUT2D eigenvalue weighted by Gasteiger charge is 2.23. The van der Waals surface area contributed by atoms with Crippen LogP contribution in [0.2, 0.25) is 0 Å². The molecule has 3 rings (SSSR count). The number of amides is 2. The molecule has 0 aliphatic heterocycles. The molecule has 7 heteroatoms. The van der Waals surface area contributed by atoms with Crippen LogP contribution in [-0.2, 0) is 0 Å². The number of methoxy groups -OCH3 is 1. The summed E-state index contributed by atoms with van der Waals surface area (Å²) in [6.07, 6.45) is 0. The SMILES string of the molecule is CCN(C(=O)Sc1cccc(C)c1)c1cccc2c(O)c(C(=O)NC)cc(OC)c12. The standard InChI is InChI=1S/C23H24N2O4S/c1-5-25(23(28)30-15-9-6-8-14(2)12-15)18-11-7-10-16-20(18)19(29-4)13-17(21(16)26)22(27)24-3/h6-13,26H,5H2,1-4H3,(H,24,27). The topological polar surface area (TPSA) is 78.9 Å². The molecule has 30 heavy (non-hydrogen) atoms. The first kappa shape index (κ1) is 21.5. The van der Waals surface area contributed by atoms with Gasteiger partial charge < -0.3 is 20.1 Å². The van der Waals surface area contributed by atoms with E-state index in [-0.39, 0.29) is 16.6 Å². The molecule has 6 nitrogen and oxygen atoms in total. The number of carbonyl (C=O) groups is 2. The highest BCUT2D eigenvalue weighted by Crippen LogP contribution is 2.42. The van der Waals surface area contributed by atoms with E-state index in [0.717, 1.165) is 22.2 Å². The third kappa shape index (κ3) is 4.07. The summed E-state index contributed by atoms with van der Waals surface area (Å²) in [5.41, 5.74) is 1.80. The number of phenols is 1. The van der Waals surface area contributed by atoms with Gasteiger partial charge in [-0.25, -0.2) is 0 Å². The molecule has 0 fully saturated rings. The summed E-state index contributed by atoms with van der Waals surface area (Å²) in [4.78, 5) is 27.8. The number of carbonyl (C=O) groups excluding carboxylic acids is 2. The van der Waals surface area contributed by atoms with Gasteiger partial charge in [0.1, 0.15) is 11.5 Å². The average Bonchev–Trinajstić information content (AvgIpc) is 2.74. The molecule has 2 amide bonds. The lowest BCUT2D eigenvalue weighted by atomic mass is 10.0. The van der Waals surface area contributed by atoms with Gasteiger partial charge >= 0.3 is 0 Å². The summed E-state index contributed by atoms with van der Waals surface area (Å²) in [6.45, 7) is 4.30. The van der Waals surface area contributed by atoms with Crippen molar-refractivity contribution in [2.24, 2.45) is 0 Å². The van der Waals surface area contributed by atoms with E-state index in [4.69, 9.17) is 4.74 Å². The summed E-state index contributed by atoms with van der Waals surface area (Å²) < 4.78 is 5.53. The van der Waals surface area contributed by atoms with Crippen LogP contribution in [0.15, 0.2) is 53.4 Å². The first-order valence-corrected chi connectivity index (χ1v) is 10.3. The molecule has 156 valence electrons. The summed E-state index contributed by atoms with van der Waals surface area (Å²) >= 11 is 1.14. The summed E-state index contributed by atoms with van der Waals surface area (Å²) in [5, 5.41) is 14.1. The van der Waals surface area contributed by atoms with Crippen LogP contribution in [0.5, 0.6) is 11.5 Å². The monoisotopic (exact) mass is 424 g/mol. The molecule has 3 aromatic rings. The molecule has 0 saturated heterocycles. The van der Waals surface area contributed by atoms with Gasteiger partial charge in [-0.05, 0) is 49.9 Å². The highest BCUT2D eigenvalue weighted by molar-refractivity contribution is 8.14. The lowest BCUT2D eigenvalue weighted by Gasteiger charge is -2.24. The van der Waals surface area contributed by atoms with Gasteiger partial charge in [-0.2, -0.15) is 0 Å². The first-order valence-electron chi connectivity index (χ1n) is 9.52. The predicted octanol–water partition coefficient (Wildman–Crippen LogP) is 4.96. The maximum atomic E-state index is 13.1. The lowest BCUT2D eigenvalue weighted by molar-refractivity contribution is 0.0960. The van der Waals surface area contributed by atoms with E-state index in [1.165, 1.54) is 20.2 Å². The molecular formula is C23H24N2O4S. The number of aryl methyl sites for hydroxylation is 1. The van der Waals surface area contributed by atoms with Gasteiger partial charge in [0, 0.05) is 23.9 Å². The second-order valence-corrected chi connectivity index (χ2v) is 7.71. The number of nitrogens with zero attached hydrogens (tertiary/aromatic N) is 1. The molecule has 0 atom stereocenters. The van der Waals surface area contributed by atoms with E-state index >= 15 is 0 Å². The van der Waals surface area contributed by atoms with E-state index in [9.17, 15) is 14.7 Å². The highest BCUT2D eigenvalue weighted by atomic mass is 32.2. The Bertz CT molecular complexity index is 1110. The molecule has 3 aromatic carbocycles. The minimum Gasteiger partial charge on any atom is -0.506 e. The Balaban J connectivity index is 2.12. The van der Waals surface area contributed by atoms with Gasteiger partial charge in [0.05, 0.1) is 23.7 Å². The van der Waals surface area contributed by atoms with Gasteiger partial charge in [-0.1, -0.05) is 29.8 Å². The zero-order valence-electron chi connectivity index (χ0n) is 17.4. The quantitative estimate of drug-likeness (QED) is 0.566. The fourth-order valence-electron chi connectivity index (χ4n) is 3.34. The van der Waals surface area contributed by atoms with Crippen LogP contribution in [-0.4, -0.2) is 37.0 Å². The molecule has 0 aliphatic carbocycles. The zero-order chi connectivity index (χ0) is 21.8. The van der Waals surface area contributed by atoms with Crippen LogP contribution in [0.4, 0.5) is 10.5 Å². The minimum atomic E-state index is -0.420. The predicted molar refractivity (Wildman–Crippen MR) is 121 cm³/mol. The fraction of sp³-hybridized carbons (Fsp3) is 0.217. The van der Waals surface area contributed by atoms with E-state index in [2.05, 4.69) is 5.32 Å². The Morgan fingerprint density at radius 1 is 1.17 bits per heavy atom. The van der Waals surface area contributed by atoms with Crippen molar-refractivity contribution in [3.63, 3.8) is 0 Å². The van der Waals surface area contributed by atoms with Gasteiger partial charge in [0.25, 0.3) is 11.1 Å². The van der Waals surface area contributed by atoms with Crippen molar-refractivity contribution in [3.8, 4) is 11.5 Å². The third-order valence-corrected chi connectivity index (χ3v) is 5.67. The van der Waals surface area contributed by atoms with Crippen molar-refractivity contribution in [3.05, 3.63) is 59.7 Å². The molecule has 0 spiro atoms. The first-order chi connectivity index (χ1) is 14.4. The number of anilines is 1. The van der Waals surface area contributed by atoms with Crippen LogP contribution in [0.25, 0.3) is 10.8 Å². The van der Waals surface area contributed by atoms with Gasteiger partial charge in [0.2, 0.25) is 0 Å². The number of hydrogen-bond donors (Lipinski definition) is 2. The molecule has 0 bridgehead atoms. The molecule has 0 aromatic heterocycles. The summed E-state index contributed by atoms with van der Waals surface area (Å²) in [7, 11) is 2.99. The third-order valence-electron chi connectivity index (χ3n) is 4.79. The van der Waals surface area contributed by atoms with Crippen molar-refractivity contribution in [2.75, 3.05) is 25.6 Å². The van der Waals surface area contributed by atoms with Crippen LogP contribution in [0.3, 0.4) is 0 Å². The number of aromatic hydroxyl groups is 1. The summed E-state index contributed by atoms with van der Waals surface area (Å²) in [6, 6.07) is 14.5. The molecule has 0 unspecified atom stereocenters. The Kier molecular flexibility index (Phi) is 6.52. The van der Waals surface area contributed by atoms with E-state index in [1.54, 1.807) is 17.0 Å². The number of benzene rings is 3. The number of nitrogens with one attached hydrogen (secondary N) is 1. The van der Waals surface area contributed by atoms with Gasteiger partial charge in [0.15, 0.2) is 0 Å². The fourth-order valence-corrected chi connectivity index (χ4v) is 4.27. The van der Waals surface area contributed by atoms with E-state index in [0.29, 0.717) is 28.8 Å². The maximum absolute atomic E-state index is 13.1. The normalized spacial score (nSPS) is 10.7. The molecular weight excluding hydrogens is 400 g/mol. The van der Waals surface area contributed by atoms with Crippen molar-refractivity contribution in [1.29, 1.82) is 0 Å². The number of ether oxygens (including phenoxy) is 1. The average molecular weight is 425 g/mol. The number of fused-ring (bicyclic) bond motifs is 1. The van der Waals surface area contributed by atoms with Crippen LogP contribution >= 0.6 is 11.8 Å². The number of hydrogen-bond acceptors (Lipinski definition) is 5. The van der Waals surface area contributed by atoms with E-state index < -0.39 is 5.91 Å². The smallest absolute Gasteiger partial charge is 0.290 e. The molecule has 2 N–H and O–H groups in total. The van der Waals surface area contributed by atoms with Crippen molar-refractivity contribution >= 4 is 39.4 Å². The second-order valence-electron chi connectivity index (χ2n) is 6.68. The zero-order valence-corrected chi connectivity index (χ0v) is 18.2. The van der Waals surface area contributed by atoms with Crippen LogP contribution < -0.4 is 15.0 Å². The maximum Gasteiger partial charge on any atom is 0.290 e. The molecule has 0 heterocycles. The molecule has 0 radical (unpaired) electrons. The molecule has 0 saturated carbocycles. The van der Waals surface area contributed by atoms with Crippen molar-refractivity contribution in [1.82, 2.24) is 5.32 Å². The Labute approximate surface area is 179 Å². The Hall–Kier alpha value is -3.19. The largest absolute Gasteiger partial charge is 0.506 e. The lowest BCUT2D eigenvalue weighted by Crippen LogP contribution is -2.27. The Morgan fingerprint density at radius 2 is 1.90 bits per heavy atom. The minimum absolute atomic E-state index is 0.113. The van der Waals surface area contributed by atoms with Crippen molar-refractivity contribution < 1.29 is 19.4 Å². The van der Waals surface area contributed by atoms with E-state index in [1.807, 2.05) is 44.2 Å². The van der Waals surface area contributed by atoms with Crippen LogP contribution in [0.1, 0.15) is 22.8 Å². The Morgan fingerprint density at radius 3 is 2.53 bits per heavy atom. The summed E-state index contributed by atoms with van der Waals surface area (Å²) in [5.74, 6) is -0.165. The number of phenolic OH excluding ortho intramolecular Hbond substituents is 1. The van der Waals surface area contributed by atoms with Gasteiger partial charge in [-0.15, -0.1) is 0 Å². The number of rotatable bonds is 5. The van der Waals surface area contributed by atoms with Crippen molar-refractivity contribution in [2.45, 2.75) is 18.7 Å². The van der Waals surface area contributed by atoms with Gasteiger partial charge in [-0.3, -0.25) is 9.59 Å². The molecule has 0 aliphatic rings. The second kappa shape index (κ2) is 9.09. The number of thioether (sulfide) groups is 1.